The van der Waals surface area contributed by atoms with Crippen molar-refractivity contribution in [2.75, 3.05) is 37.2 Å². The lowest BCUT2D eigenvalue weighted by Gasteiger charge is -2.13. The number of aromatic nitrogens is 1. The van der Waals surface area contributed by atoms with Gasteiger partial charge >= 0.3 is 11.9 Å². The molecule has 0 aliphatic heterocycles. The first kappa shape index (κ1) is 29.1. The van der Waals surface area contributed by atoms with Crippen LogP contribution in [0.2, 0.25) is 0 Å². The van der Waals surface area contributed by atoms with Gasteiger partial charge in [-0.3, -0.25) is 15.0 Å². The second-order valence-corrected chi connectivity index (χ2v) is 8.63. The van der Waals surface area contributed by atoms with Gasteiger partial charge in [0.25, 0.3) is 5.91 Å². The molecule has 1 heterocycles. The van der Waals surface area contributed by atoms with E-state index in [0.29, 0.717) is 46.8 Å². The van der Waals surface area contributed by atoms with Crippen LogP contribution in [0.1, 0.15) is 42.4 Å². The molecule has 0 aliphatic rings. The standard InChI is InChI=1S/C27H30N4O7S/c1-4-35-23-13-18(15-28-31-27-30-21(17-39-27)14-25(33)36-5-2)7-12-22(23)38-16-24(32)29-20-10-8-19(9-11-20)26(34)37-6-3/h7-13,15,17H,4-6,14,16H2,1-3H3,(H,29,32)(H,30,31). The lowest BCUT2D eigenvalue weighted by molar-refractivity contribution is -0.142. The number of ether oxygens (including phenoxy) is 4. The normalized spacial score (nSPS) is 10.6. The van der Waals surface area contributed by atoms with E-state index in [1.54, 1.807) is 67.9 Å². The number of carbonyl (C=O) groups excluding carboxylic acids is 3. The topological polar surface area (TPSA) is 137 Å². The molecule has 0 atom stereocenters. The molecule has 0 radical (unpaired) electrons. The molecule has 1 amide bonds. The number of nitrogens with zero attached hydrogens (tertiary/aromatic N) is 2. The van der Waals surface area contributed by atoms with Crippen molar-refractivity contribution in [1.82, 2.24) is 4.98 Å². The van der Waals surface area contributed by atoms with Crippen molar-refractivity contribution in [3.05, 3.63) is 64.7 Å². The summed E-state index contributed by atoms with van der Waals surface area (Å²) in [4.78, 5) is 40.0. The van der Waals surface area contributed by atoms with Crippen molar-refractivity contribution in [2.24, 2.45) is 5.10 Å². The first-order chi connectivity index (χ1) is 18.9. The van der Waals surface area contributed by atoms with E-state index < -0.39 is 5.97 Å². The number of carbonyl (C=O) groups is 3. The second-order valence-electron chi connectivity index (χ2n) is 7.77. The molecule has 0 saturated carbocycles. The Bertz CT molecular complexity index is 1290. The molecule has 2 aromatic carbocycles. The fourth-order valence-corrected chi connectivity index (χ4v) is 3.86. The molecular weight excluding hydrogens is 524 g/mol. The average Bonchev–Trinajstić information content (AvgIpc) is 3.36. The lowest BCUT2D eigenvalue weighted by Crippen LogP contribution is -2.20. The number of thiazole rings is 1. The number of anilines is 2. The fourth-order valence-electron chi connectivity index (χ4n) is 3.20. The Morgan fingerprint density at radius 3 is 2.44 bits per heavy atom. The highest BCUT2D eigenvalue weighted by Crippen LogP contribution is 2.28. The molecule has 0 saturated heterocycles. The molecule has 12 heteroatoms. The van der Waals surface area contributed by atoms with Crippen molar-refractivity contribution in [2.45, 2.75) is 27.2 Å². The highest BCUT2D eigenvalue weighted by molar-refractivity contribution is 7.13. The summed E-state index contributed by atoms with van der Waals surface area (Å²) in [7, 11) is 0. The Balaban J connectivity index is 1.54. The number of nitrogens with one attached hydrogen (secondary N) is 2. The number of esters is 2. The summed E-state index contributed by atoms with van der Waals surface area (Å²) in [6, 6.07) is 11.6. The summed E-state index contributed by atoms with van der Waals surface area (Å²) in [6.45, 7) is 6.10. The van der Waals surface area contributed by atoms with Crippen LogP contribution < -0.4 is 20.2 Å². The van der Waals surface area contributed by atoms with Crippen LogP contribution in [0.25, 0.3) is 0 Å². The molecule has 0 unspecified atom stereocenters. The predicted octanol–water partition coefficient (Wildman–Crippen LogP) is 4.29. The van der Waals surface area contributed by atoms with Gasteiger partial charge in [-0.1, -0.05) is 0 Å². The number of benzene rings is 2. The zero-order valence-corrected chi connectivity index (χ0v) is 22.7. The first-order valence-corrected chi connectivity index (χ1v) is 13.2. The number of hydrazone groups is 1. The summed E-state index contributed by atoms with van der Waals surface area (Å²) >= 11 is 1.33. The Kier molecular flexibility index (Phi) is 11.3. The molecule has 2 N–H and O–H groups in total. The SMILES string of the molecule is CCOC(=O)Cc1csc(NN=Cc2ccc(OCC(=O)Nc3ccc(C(=O)OCC)cc3)c(OCC)c2)n1. The number of hydrogen-bond donors (Lipinski definition) is 2. The quantitative estimate of drug-likeness (QED) is 0.170. The molecule has 0 fully saturated rings. The molecule has 1 aromatic heterocycles. The molecular formula is C27H30N4O7S. The van der Waals surface area contributed by atoms with Gasteiger partial charge in [-0.2, -0.15) is 5.10 Å². The summed E-state index contributed by atoms with van der Waals surface area (Å²) < 4.78 is 21.2. The maximum absolute atomic E-state index is 12.4. The minimum Gasteiger partial charge on any atom is -0.490 e. The minimum absolute atomic E-state index is 0.106. The maximum atomic E-state index is 12.4. The monoisotopic (exact) mass is 554 g/mol. The van der Waals surface area contributed by atoms with Crippen LogP contribution in [0.4, 0.5) is 10.8 Å². The third kappa shape index (κ3) is 9.42. The van der Waals surface area contributed by atoms with E-state index in [4.69, 9.17) is 18.9 Å². The Morgan fingerprint density at radius 1 is 0.949 bits per heavy atom. The lowest BCUT2D eigenvalue weighted by atomic mass is 10.2. The van der Waals surface area contributed by atoms with Gasteiger partial charge in [0.15, 0.2) is 18.1 Å². The third-order valence-electron chi connectivity index (χ3n) is 4.86. The molecule has 0 aliphatic carbocycles. The van der Waals surface area contributed by atoms with Gasteiger partial charge in [0.2, 0.25) is 5.13 Å². The van der Waals surface area contributed by atoms with Gasteiger partial charge in [0.1, 0.15) is 0 Å². The maximum Gasteiger partial charge on any atom is 0.338 e. The summed E-state index contributed by atoms with van der Waals surface area (Å²) in [5.41, 5.74) is 5.09. The highest BCUT2D eigenvalue weighted by atomic mass is 32.1. The Morgan fingerprint density at radius 2 is 1.72 bits per heavy atom. The molecule has 0 spiro atoms. The van der Waals surface area contributed by atoms with E-state index >= 15 is 0 Å². The second kappa shape index (κ2) is 15.1. The van der Waals surface area contributed by atoms with Crippen molar-refractivity contribution < 1.29 is 33.3 Å². The van der Waals surface area contributed by atoms with Crippen LogP contribution in [0.3, 0.4) is 0 Å². The highest BCUT2D eigenvalue weighted by Gasteiger charge is 2.11. The Labute approximate surface area is 230 Å². The van der Waals surface area contributed by atoms with Crippen molar-refractivity contribution in [3.63, 3.8) is 0 Å². The van der Waals surface area contributed by atoms with E-state index in [1.165, 1.54) is 11.3 Å². The molecule has 3 aromatic rings. The van der Waals surface area contributed by atoms with Crippen molar-refractivity contribution in [3.8, 4) is 11.5 Å². The van der Waals surface area contributed by atoms with E-state index in [9.17, 15) is 14.4 Å². The minimum atomic E-state index is -0.421. The first-order valence-electron chi connectivity index (χ1n) is 12.3. The van der Waals surface area contributed by atoms with Crippen LogP contribution in [0, 0.1) is 0 Å². The fraction of sp³-hybridized carbons (Fsp3) is 0.296. The van der Waals surface area contributed by atoms with Crippen LogP contribution in [-0.2, 0) is 25.5 Å². The summed E-state index contributed by atoms with van der Waals surface area (Å²) in [5, 5.41) is 9.21. The van der Waals surface area contributed by atoms with Crippen molar-refractivity contribution in [1.29, 1.82) is 0 Å². The Hall–Kier alpha value is -4.45. The zero-order valence-electron chi connectivity index (χ0n) is 21.9. The number of amides is 1. The van der Waals surface area contributed by atoms with E-state index in [-0.39, 0.29) is 31.5 Å². The van der Waals surface area contributed by atoms with Crippen molar-refractivity contribution >= 4 is 46.2 Å². The summed E-state index contributed by atoms with van der Waals surface area (Å²) in [6.07, 6.45) is 1.69. The van der Waals surface area contributed by atoms with Crippen LogP contribution >= 0.6 is 11.3 Å². The van der Waals surface area contributed by atoms with Crippen LogP contribution in [0.5, 0.6) is 11.5 Å². The zero-order chi connectivity index (χ0) is 28.0. The molecule has 11 nitrogen and oxygen atoms in total. The molecule has 39 heavy (non-hydrogen) atoms. The number of hydrogen-bond acceptors (Lipinski definition) is 11. The van der Waals surface area contributed by atoms with Gasteiger partial charge in [-0.15, -0.1) is 11.3 Å². The third-order valence-corrected chi connectivity index (χ3v) is 5.66. The van der Waals surface area contributed by atoms with E-state index in [0.717, 1.165) is 5.56 Å². The van der Waals surface area contributed by atoms with E-state index in [1.807, 2.05) is 6.92 Å². The molecule has 3 rings (SSSR count). The molecule has 0 bridgehead atoms. The van der Waals surface area contributed by atoms with Gasteiger partial charge in [-0.05, 0) is 68.8 Å². The number of rotatable bonds is 14. The van der Waals surface area contributed by atoms with Gasteiger partial charge in [0, 0.05) is 11.1 Å². The predicted molar refractivity (Wildman–Crippen MR) is 148 cm³/mol. The van der Waals surface area contributed by atoms with Gasteiger partial charge < -0.3 is 24.3 Å². The smallest absolute Gasteiger partial charge is 0.338 e. The van der Waals surface area contributed by atoms with Gasteiger partial charge in [-0.25, -0.2) is 9.78 Å². The van der Waals surface area contributed by atoms with Crippen LogP contribution in [-0.4, -0.2) is 55.5 Å². The van der Waals surface area contributed by atoms with E-state index in [2.05, 4.69) is 20.8 Å². The largest absolute Gasteiger partial charge is 0.490 e. The summed E-state index contributed by atoms with van der Waals surface area (Å²) in [5.74, 6) is -0.264. The van der Waals surface area contributed by atoms with Gasteiger partial charge in [0.05, 0.1) is 43.7 Å². The average molecular weight is 555 g/mol. The molecule has 206 valence electrons. The van der Waals surface area contributed by atoms with Crippen LogP contribution in [0.15, 0.2) is 52.9 Å².